The van der Waals surface area contributed by atoms with E-state index in [9.17, 15) is 9.18 Å². The molecule has 17 heavy (non-hydrogen) atoms. The van der Waals surface area contributed by atoms with Gasteiger partial charge in [-0.3, -0.25) is 4.79 Å². The van der Waals surface area contributed by atoms with Gasteiger partial charge in [0.25, 0.3) is 5.91 Å². The molecule has 1 rings (SSSR count). The molecule has 5 heteroatoms. The van der Waals surface area contributed by atoms with E-state index in [1.165, 1.54) is 18.2 Å². The standard InChI is InChI=1S/C12H14Cl2FNO/c1-2-8(13)6-7-16-12(17)9-4-3-5-10(14)11(9)15/h3-5,8H,2,6-7H2,1H3,(H,16,17). The van der Waals surface area contributed by atoms with E-state index in [-0.39, 0.29) is 16.0 Å². The first-order valence-corrected chi connectivity index (χ1v) is 6.24. The molecular formula is C12H14Cl2FNO. The van der Waals surface area contributed by atoms with Crippen LogP contribution in [0.3, 0.4) is 0 Å². The fourth-order valence-electron chi connectivity index (χ4n) is 1.32. The molecule has 1 amide bonds. The summed E-state index contributed by atoms with van der Waals surface area (Å²) in [6.07, 6.45) is 1.49. The smallest absolute Gasteiger partial charge is 0.254 e. The maximum atomic E-state index is 13.5. The third kappa shape index (κ3) is 4.17. The fourth-order valence-corrected chi connectivity index (χ4v) is 1.60. The van der Waals surface area contributed by atoms with Crippen molar-refractivity contribution in [3.63, 3.8) is 0 Å². The van der Waals surface area contributed by atoms with Crippen molar-refractivity contribution in [2.75, 3.05) is 6.54 Å². The normalized spacial score (nSPS) is 12.2. The van der Waals surface area contributed by atoms with Crippen LogP contribution < -0.4 is 5.32 Å². The maximum absolute atomic E-state index is 13.5. The summed E-state index contributed by atoms with van der Waals surface area (Å²) in [4.78, 5) is 11.6. The highest BCUT2D eigenvalue weighted by Gasteiger charge is 2.13. The number of amides is 1. The first-order chi connectivity index (χ1) is 8.06. The second kappa shape index (κ2) is 6.82. The predicted octanol–water partition coefficient (Wildman–Crippen LogP) is 3.62. The average molecular weight is 278 g/mol. The van der Waals surface area contributed by atoms with Crippen LogP contribution in [-0.2, 0) is 0 Å². The van der Waals surface area contributed by atoms with Crippen molar-refractivity contribution in [3.05, 3.63) is 34.6 Å². The molecule has 0 aliphatic heterocycles. The summed E-state index contributed by atoms with van der Waals surface area (Å²) in [5.41, 5.74) is -0.0416. The van der Waals surface area contributed by atoms with Crippen LogP contribution in [-0.4, -0.2) is 17.8 Å². The molecule has 1 N–H and O–H groups in total. The van der Waals surface area contributed by atoms with Gasteiger partial charge >= 0.3 is 0 Å². The molecule has 0 radical (unpaired) electrons. The Balaban J connectivity index is 2.56. The van der Waals surface area contributed by atoms with Crippen LogP contribution in [0.25, 0.3) is 0 Å². The van der Waals surface area contributed by atoms with Crippen molar-refractivity contribution >= 4 is 29.1 Å². The van der Waals surface area contributed by atoms with Crippen LogP contribution in [0.5, 0.6) is 0 Å². The van der Waals surface area contributed by atoms with Gasteiger partial charge in [-0.25, -0.2) is 4.39 Å². The van der Waals surface area contributed by atoms with Crippen LogP contribution in [0.4, 0.5) is 4.39 Å². The zero-order valence-corrected chi connectivity index (χ0v) is 11.0. The van der Waals surface area contributed by atoms with Crippen LogP contribution in [0.15, 0.2) is 18.2 Å². The summed E-state index contributed by atoms with van der Waals surface area (Å²) in [6.45, 7) is 2.39. The highest BCUT2D eigenvalue weighted by molar-refractivity contribution is 6.31. The minimum Gasteiger partial charge on any atom is -0.352 e. The second-order valence-corrected chi connectivity index (χ2v) is 4.68. The van der Waals surface area contributed by atoms with E-state index in [2.05, 4.69) is 5.32 Å². The quantitative estimate of drug-likeness (QED) is 0.819. The molecule has 0 aliphatic carbocycles. The Hall–Kier alpha value is -0.800. The topological polar surface area (TPSA) is 29.1 Å². The highest BCUT2D eigenvalue weighted by atomic mass is 35.5. The Labute approximate surface area is 110 Å². The molecule has 0 heterocycles. The highest BCUT2D eigenvalue weighted by Crippen LogP contribution is 2.17. The molecule has 2 nitrogen and oxygen atoms in total. The number of halogens is 3. The molecule has 0 aromatic heterocycles. The molecule has 0 spiro atoms. The SMILES string of the molecule is CCC(Cl)CCNC(=O)c1cccc(Cl)c1F. The van der Waals surface area contributed by atoms with Gasteiger partial charge in [0.15, 0.2) is 5.82 Å². The van der Waals surface area contributed by atoms with E-state index in [0.717, 1.165) is 6.42 Å². The van der Waals surface area contributed by atoms with Crippen molar-refractivity contribution in [1.29, 1.82) is 0 Å². The number of carbonyl (C=O) groups excluding carboxylic acids is 1. The second-order valence-electron chi connectivity index (χ2n) is 3.65. The molecule has 0 aliphatic rings. The number of hydrogen-bond acceptors (Lipinski definition) is 1. The largest absolute Gasteiger partial charge is 0.352 e. The maximum Gasteiger partial charge on any atom is 0.254 e. The van der Waals surface area contributed by atoms with E-state index >= 15 is 0 Å². The minimum absolute atomic E-state index is 0.0273. The molecule has 0 saturated carbocycles. The van der Waals surface area contributed by atoms with Crippen molar-refractivity contribution in [3.8, 4) is 0 Å². The third-order valence-electron chi connectivity index (χ3n) is 2.38. The Morgan fingerprint density at radius 3 is 2.88 bits per heavy atom. The van der Waals surface area contributed by atoms with Crippen LogP contribution in [0, 0.1) is 5.82 Å². The number of nitrogens with one attached hydrogen (secondary N) is 1. The minimum atomic E-state index is -0.690. The lowest BCUT2D eigenvalue weighted by molar-refractivity contribution is 0.0949. The first-order valence-electron chi connectivity index (χ1n) is 5.42. The molecule has 0 bridgehead atoms. The average Bonchev–Trinajstić information content (AvgIpc) is 2.32. The third-order valence-corrected chi connectivity index (χ3v) is 3.20. The summed E-state index contributed by atoms with van der Waals surface area (Å²) in [5.74, 6) is -1.16. The number of benzene rings is 1. The Kier molecular flexibility index (Phi) is 5.72. The number of carbonyl (C=O) groups is 1. The van der Waals surface area contributed by atoms with Crippen molar-refractivity contribution < 1.29 is 9.18 Å². The summed E-state index contributed by atoms with van der Waals surface area (Å²) >= 11 is 11.5. The van der Waals surface area contributed by atoms with Gasteiger partial charge in [0, 0.05) is 11.9 Å². The van der Waals surface area contributed by atoms with Gasteiger partial charge in [0.1, 0.15) is 0 Å². The molecule has 1 unspecified atom stereocenters. The van der Waals surface area contributed by atoms with Gasteiger partial charge in [-0.1, -0.05) is 24.6 Å². The van der Waals surface area contributed by atoms with E-state index < -0.39 is 11.7 Å². The summed E-state index contributed by atoms with van der Waals surface area (Å²) in [7, 11) is 0. The number of rotatable bonds is 5. The summed E-state index contributed by atoms with van der Waals surface area (Å²) < 4.78 is 13.5. The number of hydrogen-bond donors (Lipinski definition) is 1. The summed E-state index contributed by atoms with van der Waals surface area (Å²) in [6, 6.07) is 4.34. The monoisotopic (exact) mass is 277 g/mol. The van der Waals surface area contributed by atoms with Crippen molar-refractivity contribution in [2.24, 2.45) is 0 Å². The van der Waals surface area contributed by atoms with E-state index in [4.69, 9.17) is 23.2 Å². The Morgan fingerprint density at radius 2 is 2.24 bits per heavy atom. The molecule has 0 saturated heterocycles. The molecule has 1 aromatic carbocycles. The predicted molar refractivity (Wildman–Crippen MR) is 68.3 cm³/mol. The zero-order valence-electron chi connectivity index (χ0n) is 9.47. The zero-order chi connectivity index (χ0) is 12.8. The Morgan fingerprint density at radius 1 is 1.53 bits per heavy atom. The first kappa shape index (κ1) is 14.3. The molecule has 1 aromatic rings. The van der Waals surface area contributed by atoms with E-state index in [1.54, 1.807) is 0 Å². The van der Waals surface area contributed by atoms with Crippen LogP contribution in [0.1, 0.15) is 30.1 Å². The Bertz CT molecular complexity index is 398. The van der Waals surface area contributed by atoms with E-state index in [0.29, 0.717) is 13.0 Å². The van der Waals surface area contributed by atoms with Gasteiger partial charge in [-0.15, -0.1) is 11.6 Å². The number of alkyl halides is 1. The molecule has 94 valence electrons. The lowest BCUT2D eigenvalue weighted by Crippen LogP contribution is -2.26. The summed E-state index contributed by atoms with van der Waals surface area (Å²) in [5, 5.41) is 2.58. The van der Waals surface area contributed by atoms with Gasteiger partial charge in [0.2, 0.25) is 0 Å². The molecule has 0 fully saturated rings. The van der Waals surface area contributed by atoms with Gasteiger partial charge in [0.05, 0.1) is 10.6 Å². The molecule has 1 atom stereocenters. The van der Waals surface area contributed by atoms with Gasteiger partial charge in [-0.05, 0) is 25.0 Å². The van der Waals surface area contributed by atoms with E-state index in [1.807, 2.05) is 6.92 Å². The van der Waals surface area contributed by atoms with Crippen molar-refractivity contribution in [2.45, 2.75) is 25.1 Å². The van der Waals surface area contributed by atoms with Gasteiger partial charge < -0.3 is 5.32 Å². The van der Waals surface area contributed by atoms with Crippen LogP contribution in [0.2, 0.25) is 5.02 Å². The molecular weight excluding hydrogens is 264 g/mol. The van der Waals surface area contributed by atoms with Gasteiger partial charge in [-0.2, -0.15) is 0 Å². The fraction of sp³-hybridized carbons (Fsp3) is 0.417. The van der Waals surface area contributed by atoms with Crippen LogP contribution >= 0.6 is 23.2 Å². The lowest BCUT2D eigenvalue weighted by Gasteiger charge is -2.08. The van der Waals surface area contributed by atoms with Crippen molar-refractivity contribution in [1.82, 2.24) is 5.32 Å². The lowest BCUT2D eigenvalue weighted by atomic mass is 10.2.